The molecule has 0 aromatic rings. The SMILES string of the molecule is CCCC(C)(CC)C(F)(F)F. The summed E-state index contributed by atoms with van der Waals surface area (Å²) in [5, 5.41) is 0. The molecule has 0 rings (SSSR count). The molecule has 0 aliphatic carbocycles. The Kier molecular flexibility index (Phi) is 3.39. The van der Waals surface area contributed by atoms with Crippen LogP contribution in [0.1, 0.15) is 40.0 Å². The minimum atomic E-state index is -4.04. The molecule has 0 N–H and O–H groups in total. The van der Waals surface area contributed by atoms with E-state index < -0.39 is 11.6 Å². The van der Waals surface area contributed by atoms with Crippen molar-refractivity contribution >= 4 is 0 Å². The Labute approximate surface area is 65.8 Å². The largest absolute Gasteiger partial charge is 0.394 e. The van der Waals surface area contributed by atoms with E-state index in [1.807, 2.05) is 0 Å². The Hall–Kier alpha value is -0.210. The summed E-state index contributed by atoms with van der Waals surface area (Å²) in [6.45, 7) is 4.65. The first-order valence-corrected chi connectivity index (χ1v) is 3.94. The van der Waals surface area contributed by atoms with Crippen molar-refractivity contribution in [3.8, 4) is 0 Å². The quantitative estimate of drug-likeness (QED) is 0.601. The lowest BCUT2D eigenvalue weighted by Crippen LogP contribution is -2.34. The average molecular weight is 168 g/mol. The predicted octanol–water partition coefficient (Wildman–Crippen LogP) is 3.77. The van der Waals surface area contributed by atoms with Crippen molar-refractivity contribution in [1.82, 2.24) is 0 Å². The van der Waals surface area contributed by atoms with Crippen LogP contribution in [-0.4, -0.2) is 6.18 Å². The third-order valence-electron chi connectivity index (χ3n) is 2.27. The summed E-state index contributed by atoms with van der Waals surface area (Å²) >= 11 is 0. The van der Waals surface area contributed by atoms with Gasteiger partial charge in [0.05, 0.1) is 5.41 Å². The molecule has 0 aliphatic heterocycles. The van der Waals surface area contributed by atoms with Gasteiger partial charge in [0.2, 0.25) is 0 Å². The van der Waals surface area contributed by atoms with Crippen LogP contribution in [0, 0.1) is 5.41 Å². The highest BCUT2D eigenvalue weighted by atomic mass is 19.4. The fraction of sp³-hybridized carbons (Fsp3) is 1.00. The van der Waals surface area contributed by atoms with Crippen molar-refractivity contribution in [2.45, 2.75) is 46.2 Å². The number of hydrogen-bond acceptors (Lipinski definition) is 0. The third kappa shape index (κ3) is 2.38. The van der Waals surface area contributed by atoms with Gasteiger partial charge in [-0.25, -0.2) is 0 Å². The fourth-order valence-corrected chi connectivity index (χ4v) is 1.07. The van der Waals surface area contributed by atoms with E-state index in [0.717, 1.165) is 0 Å². The summed E-state index contributed by atoms with van der Waals surface area (Å²) in [7, 11) is 0. The van der Waals surface area contributed by atoms with Crippen molar-refractivity contribution in [3.05, 3.63) is 0 Å². The summed E-state index contributed by atoms with van der Waals surface area (Å²) in [6, 6.07) is 0. The molecule has 3 heteroatoms. The van der Waals surface area contributed by atoms with E-state index in [-0.39, 0.29) is 12.8 Å². The molecule has 0 aromatic heterocycles. The molecule has 0 saturated carbocycles. The minimum Gasteiger partial charge on any atom is -0.171 e. The summed E-state index contributed by atoms with van der Waals surface area (Å²) in [5.74, 6) is 0. The maximum atomic E-state index is 12.3. The van der Waals surface area contributed by atoms with Crippen LogP contribution in [0.4, 0.5) is 13.2 Å². The molecule has 0 heterocycles. The van der Waals surface area contributed by atoms with Gasteiger partial charge in [0.15, 0.2) is 0 Å². The van der Waals surface area contributed by atoms with Gasteiger partial charge in [-0.3, -0.25) is 0 Å². The number of rotatable bonds is 3. The topological polar surface area (TPSA) is 0 Å². The molecule has 11 heavy (non-hydrogen) atoms. The van der Waals surface area contributed by atoms with Crippen LogP contribution < -0.4 is 0 Å². The zero-order chi connectivity index (χ0) is 9.12. The first-order valence-electron chi connectivity index (χ1n) is 3.94. The predicted molar refractivity (Wildman–Crippen MR) is 39.4 cm³/mol. The molecule has 1 atom stereocenters. The van der Waals surface area contributed by atoms with Crippen LogP contribution in [0.2, 0.25) is 0 Å². The van der Waals surface area contributed by atoms with Crippen LogP contribution in [-0.2, 0) is 0 Å². The van der Waals surface area contributed by atoms with E-state index >= 15 is 0 Å². The van der Waals surface area contributed by atoms with Crippen molar-refractivity contribution < 1.29 is 13.2 Å². The van der Waals surface area contributed by atoms with E-state index in [9.17, 15) is 13.2 Å². The second kappa shape index (κ2) is 3.46. The molecule has 0 bridgehead atoms. The van der Waals surface area contributed by atoms with Gasteiger partial charge in [-0.1, -0.05) is 27.2 Å². The number of hydrogen-bond donors (Lipinski definition) is 0. The third-order valence-corrected chi connectivity index (χ3v) is 2.27. The lowest BCUT2D eigenvalue weighted by Gasteiger charge is -2.30. The first kappa shape index (κ1) is 10.8. The molecule has 0 spiro atoms. The standard InChI is InChI=1S/C8H15F3/c1-4-6-7(3,5-2)8(9,10)11/h4-6H2,1-3H3. The maximum Gasteiger partial charge on any atom is 0.394 e. The van der Waals surface area contributed by atoms with E-state index in [2.05, 4.69) is 0 Å². The lowest BCUT2D eigenvalue weighted by molar-refractivity contribution is -0.221. The van der Waals surface area contributed by atoms with E-state index in [1.165, 1.54) is 6.92 Å². The van der Waals surface area contributed by atoms with Gasteiger partial charge in [0, 0.05) is 0 Å². The molecular weight excluding hydrogens is 153 g/mol. The second-order valence-electron chi connectivity index (χ2n) is 3.16. The fourth-order valence-electron chi connectivity index (χ4n) is 1.07. The Bertz CT molecular complexity index is 117. The van der Waals surface area contributed by atoms with Gasteiger partial charge < -0.3 is 0 Å². The van der Waals surface area contributed by atoms with Crippen LogP contribution >= 0.6 is 0 Å². The second-order valence-corrected chi connectivity index (χ2v) is 3.16. The molecule has 0 aliphatic rings. The summed E-state index contributed by atoms with van der Waals surface area (Å²) in [4.78, 5) is 0. The zero-order valence-corrected chi connectivity index (χ0v) is 7.26. The Morgan fingerprint density at radius 1 is 1.09 bits per heavy atom. The van der Waals surface area contributed by atoms with Gasteiger partial charge in [0.25, 0.3) is 0 Å². The van der Waals surface area contributed by atoms with Crippen molar-refractivity contribution in [1.29, 1.82) is 0 Å². The van der Waals surface area contributed by atoms with E-state index in [1.54, 1.807) is 13.8 Å². The molecule has 0 nitrogen and oxygen atoms in total. The molecule has 68 valence electrons. The molecule has 0 fully saturated rings. The molecule has 0 radical (unpaired) electrons. The molecule has 0 amide bonds. The highest BCUT2D eigenvalue weighted by Gasteiger charge is 2.48. The number of alkyl halides is 3. The molecule has 0 aromatic carbocycles. The molecular formula is C8H15F3. The normalized spacial score (nSPS) is 18.0. The van der Waals surface area contributed by atoms with Crippen molar-refractivity contribution in [3.63, 3.8) is 0 Å². The van der Waals surface area contributed by atoms with Gasteiger partial charge in [-0.05, 0) is 12.8 Å². The Morgan fingerprint density at radius 3 is 1.64 bits per heavy atom. The smallest absolute Gasteiger partial charge is 0.171 e. The van der Waals surface area contributed by atoms with E-state index in [4.69, 9.17) is 0 Å². The summed E-state index contributed by atoms with van der Waals surface area (Å²) in [5.41, 5.74) is -1.47. The van der Waals surface area contributed by atoms with Crippen LogP contribution in [0.15, 0.2) is 0 Å². The van der Waals surface area contributed by atoms with Gasteiger partial charge >= 0.3 is 6.18 Å². The van der Waals surface area contributed by atoms with Gasteiger partial charge in [0.1, 0.15) is 0 Å². The summed E-state index contributed by atoms with van der Waals surface area (Å²) in [6.07, 6.45) is -3.06. The average Bonchev–Trinajstić information content (AvgIpc) is 1.86. The number of halogens is 3. The van der Waals surface area contributed by atoms with Crippen LogP contribution in [0.25, 0.3) is 0 Å². The zero-order valence-electron chi connectivity index (χ0n) is 7.26. The van der Waals surface area contributed by atoms with Gasteiger partial charge in [-0.2, -0.15) is 13.2 Å². The Balaban J connectivity index is 4.33. The molecule has 1 unspecified atom stereocenters. The van der Waals surface area contributed by atoms with Crippen molar-refractivity contribution in [2.75, 3.05) is 0 Å². The van der Waals surface area contributed by atoms with Crippen LogP contribution in [0.5, 0.6) is 0 Å². The summed E-state index contributed by atoms with van der Waals surface area (Å²) < 4.78 is 36.9. The first-order chi connectivity index (χ1) is 4.87. The lowest BCUT2D eigenvalue weighted by atomic mass is 9.82. The molecule has 0 saturated heterocycles. The Morgan fingerprint density at radius 2 is 1.55 bits per heavy atom. The monoisotopic (exact) mass is 168 g/mol. The minimum absolute atomic E-state index is 0.171. The highest BCUT2D eigenvalue weighted by molar-refractivity contribution is 4.79. The van der Waals surface area contributed by atoms with Crippen molar-refractivity contribution in [2.24, 2.45) is 5.41 Å². The van der Waals surface area contributed by atoms with Gasteiger partial charge in [-0.15, -0.1) is 0 Å². The van der Waals surface area contributed by atoms with Crippen LogP contribution in [0.3, 0.4) is 0 Å². The van der Waals surface area contributed by atoms with E-state index in [0.29, 0.717) is 6.42 Å². The highest BCUT2D eigenvalue weighted by Crippen LogP contribution is 2.43. The maximum absolute atomic E-state index is 12.3.